The van der Waals surface area contributed by atoms with Crippen LogP contribution in [0.1, 0.15) is 46.4 Å². The summed E-state index contributed by atoms with van der Waals surface area (Å²) in [4.78, 5) is 27.1. The lowest BCUT2D eigenvalue weighted by Gasteiger charge is -2.33. The summed E-state index contributed by atoms with van der Waals surface area (Å²) < 4.78 is 0. The van der Waals surface area contributed by atoms with Crippen molar-refractivity contribution in [3.63, 3.8) is 0 Å². The first-order valence-corrected chi connectivity index (χ1v) is 12.0. The molecule has 3 aliphatic rings. The van der Waals surface area contributed by atoms with Crippen molar-refractivity contribution in [1.82, 2.24) is 20.2 Å². The van der Waals surface area contributed by atoms with E-state index < -0.39 is 0 Å². The normalized spacial score (nSPS) is 18.7. The van der Waals surface area contributed by atoms with Crippen LogP contribution < -0.4 is 10.2 Å². The number of benzene rings is 1. The summed E-state index contributed by atoms with van der Waals surface area (Å²) in [5.74, 6) is 1.08. The van der Waals surface area contributed by atoms with Crippen LogP contribution in [0.3, 0.4) is 0 Å². The van der Waals surface area contributed by atoms with Gasteiger partial charge >= 0.3 is 0 Å². The van der Waals surface area contributed by atoms with E-state index in [4.69, 9.17) is 0 Å². The van der Waals surface area contributed by atoms with E-state index in [2.05, 4.69) is 62.7 Å². The van der Waals surface area contributed by atoms with Crippen molar-refractivity contribution in [3.8, 4) is 0 Å². The van der Waals surface area contributed by atoms with Gasteiger partial charge in [-0.05, 0) is 49.0 Å². The topological polar surface area (TPSA) is 61.4 Å². The van der Waals surface area contributed by atoms with E-state index in [9.17, 15) is 4.79 Å². The summed E-state index contributed by atoms with van der Waals surface area (Å²) in [6, 6.07) is 8.04. The first kappa shape index (κ1) is 21.6. The Bertz CT molecular complexity index is 1080. The molecular formula is C27H31N5O. The number of rotatable bonds is 3. The number of carbonyl (C=O) groups is 1. The predicted octanol–water partition coefficient (Wildman–Crippen LogP) is 3.76. The number of nitrogens with one attached hydrogen (secondary N) is 1. The molecule has 1 amide bonds. The third-order valence-electron chi connectivity index (χ3n) is 6.62. The Kier molecular flexibility index (Phi) is 6.63. The Morgan fingerprint density at radius 2 is 1.82 bits per heavy atom. The lowest BCUT2D eigenvalue weighted by atomic mass is 10.0. The third-order valence-corrected chi connectivity index (χ3v) is 6.62. The third kappa shape index (κ3) is 4.91. The molecule has 33 heavy (non-hydrogen) atoms. The highest BCUT2D eigenvalue weighted by atomic mass is 16.2. The van der Waals surface area contributed by atoms with Crippen LogP contribution in [-0.4, -0.2) is 53.5 Å². The van der Waals surface area contributed by atoms with Gasteiger partial charge in [-0.25, -0.2) is 9.97 Å². The van der Waals surface area contributed by atoms with Crippen molar-refractivity contribution >= 4 is 17.3 Å². The Labute approximate surface area is 195 Å². The largest absolute Gasteiger partial charge is 0.354 e. The molecule has 0 radical (unpaired) electrons. The maximum absolute atomic E-state index is 13.5. The molecule has 1 N–H and O–H groups in total. The number of aryl methyl sites for hydroxylation is 1. The van der Waals surface area contributed by atoms with E-state index >= 15 is 0 Å². The monoisotopic (exact) mass is 441 g/mol. The van der Waals surface area contributed by atoms with Gasteiger partial charge in [0.1, 0.15) is 12.1 Å². The molecule has 2 aromatic rings. The lowest BCUT2D eigenvalue weighted by Crippen LogP contribution is -2.45. The van der Waals surface area contributed by atoms with Crippen molar-refractivity contribution in [3.05, 3.63) is 83.4 Å². The molecule has 1 aliphatic carbocycles. The molecule has 5 rings (SSSR count). The number of carbonyl (C=O) groups excluding carboxylic acids is 1. The van der Waals surface area contributed by atoms with Crippen LogP contribution in [0.5, 0.6) is 0 Å². The van der Waals surface area contributed by atoms with E-state index in [1.807, 2.05) is 17.0 Å². The van der Waals surface area contributed by atoms with Gasteiger partial charge in [0.2, 0.25) is 0 Å². The van der Waals surface area contributed by atoms with Gasteiger partial charge in [0, 0.05) is 43.9 Å². The SMILES string of the molecule is O=C(c1ccc(C2=CCC=CC=C2)cc1)N1CCCCc2ncnc(N3CCNCC3)c2C1. The van der Waals surface area contributed by atoms with Gasteiger partial charge in [-0.3, -0.25) is 4.79 Å². The fraction of sp³-hybridized carbons (Fsp3) is 0.370. The van der Waals surface area contributed by atoms with Gasteiger partial charge in [-0.2, -0.15) is 0 Å². The number of hydrogen-bond acceptors (Lipinski definition) is 5. The van der Waals surface area contributed by atoms with Crippen LogP contribution in [-0.2, 0) is 13.0 Å². The zero-order valence-corrected chi connectivity index (χ0v) is 19.0. The van der Waals surface area contributed by atoms with Crippen LogP contribution in [0.2, 0.25) is 0 Å². The van der Waals surface area contributed by atoms with Gasteiger partial charge in [0.05, 0.1) is 12.2 Å². The molecule has 2 aliphatic heterocycles. The van der Waals surface area contributed by atoms with E-state index in [-0.39, 0.29) is 5.91 Å². The molecule has 6 heteroatoms. The Balaban J connectivity index is 1.38. The fourth-order valence-electron chi connectivity index (χ4n) is 4.78. The van der Waals surface area contributed by atoms with Crippen LogP contribution in [0.4, 0.5) is 5.82 Å². The van der Waals surface area contributed by atoms with Crippen molar-refractivity contribution in [2.45, 2.75) is 32.2 Å². The zero-order valence-electron chi connectivity index (χ0n) is 19.0. The summed E-state index contributed by atoms with van der Waals surface area (Å²) >= 11 is 0. The summed E-state index contributed by atoms with van der Waals surface area (Å²) in [5, 5.41) is 3.41. The van der Waals surface area contributed by atoms with E-state index in [0.717, 1.165) is 86.6 Å². The van der Waals surface area contributed by atoms with Crippen molar-refractivity contribution < 1.29 is 4.79 Å². The number of hydrogen-bond donors (Lipinski definition) is 1. The smallest absolute Gasteiger partial charge is 0.254 e. The van der Waals surface area contributed by atoms with Crippen LogP contribution >= 0.6 is 0 Å². The molecule has 6 nitrogen and oxygen atoms in total. The first-order valence-electron chi connectivity index (χ1n) is 12.0. The van der Waals surface area contributed by atoms with Gasteiger partial charge < -0.3 is 15.1 Å². The van der Waals surface area contributed by atoms with Crippen molar-refractivity contribution in [1.29, 1.82) is 0 Å². The van der Waals surface area contributed by atoms with Gasteiger partial charge in [-0.1, -0.05) is 42.5 Å². The molecule has 0 bridgehead atoms. The van der Waals surface area contributed by atoms with Gasteiger partial charge in [0.15, 0.2) is 0 Å². The standard InChI is InChI=1S/C27H31N5O/c33-27(23-12-10-22(11-13-23)21-7-3-1-2-4-8-21)32-16-6-5-9-25-24(19-32)26(30-20-29-25)31-17-14-28-15-18-31/h1-3,7-8,10-13,20,28H,4-6,9,14-19H2. The van der Waals surface area contributed by atoms with Gasteiger partial charge in [-0.15, -0.1) is 0 Å². The molecule has 1 aromatic carbocycles. The number of amides is 1. The maximum atomic E-state index is 13.5. The minimum absolute atomic E-state index is 0.0802. The summed E-state index contributed by atoms with van der Waals surface area (Å²) in [7, 11) is 0. The Morgan fingerprint density at radius 1 is 0.970 bits per heavy atom. The van der Waals surface area contributed by atoms with Crippen LogP contribution in [0.15, 0.2) is 61.0 Å². The Morgan fingerprint density at radius 3 is 2.67 bits per heavy atom. The minimum Gasteiger partial charge on any atom is -0.354 e. The molecule has 3 heterocycles. The second kappa shape index (κ2) is 10.1. The summed E-state index contributed by atoms with van der Waals surface area (Å²) in [6.45, 7) is 5.09. The summed E-state index contributed by atoms with van der Waals surface area (Å²) in [6.07, 6.45) is 16.2. The quantitative estimate of drug-likeness (QED) is 0.786. The summed E-state index contributed by atoms with van der Waals surface area (Å²) in [5.41, 5.74) is 5.27. The second-order valence-electron chi connectivity index (χ2n) is 8.80. The average Bonchev–Trinajstić information content (AvgIpc) is 3.14. The number of aromatic nitrogens is 2. The van der Waals surface area contributed by atoms with Gasteiger partial charge in [0.25, 0.3) is 5.91 Å². The molecule has 0 saturated carbocycles. The number of allylic oxidation sites excluding steroid dienone is 6. The number of piperazine rings is 1. The molecule has 0 atom stereocenters. The van der Waals surface area contributed by atoms with Crippen molar-refractivity contribution in [2.24, 2.45) is 0 Å². The molecule has 170 valence electrons. The van der Waals surface area contributed by atoms with Crippen LogP contribution in [0, 0.1) is 0 Å². The average molecular weight is 442 g/mol. The van der Waals surface area contributed by atoms with Crippen LogP contribution in [0.25, 0.3) is 5.57 Å². The number of nitrogens with zero attached hydrogens (tertiary/aromatic N) is 4. The molecule has 1 fully saturated rings. The fourth-order valence-corrected chi connectivity index (χ4v) is 4.78. The number of fused-ring (bicyclic) bond motifs is 1. The highest BCUT2D eigenvalue weighted by molar-refractivity contribution is 5.94. The zero-order chi connectivity index (χ0) is 22.5. The highest BCUT2D eigenvalue weighted by Crippen LogP contribution is 2.27. The molecule has 1 saturated heterocycles. The molecular weight excluding hydrogens is 410 g/mol. The minimum atomic E-state index is 0.0802. The lowest BCUT2D eigenvalue weighted by molar-refractivity contribution is 0.0737. The molecule has 1 aromatic heterocycles. The first-order chi connectivity index (χ1) is 16.3. The maximum Gasteiger partial charge on any atom is 0.254 e. The number of anilines is 1. The van der Waals surface area contributed by atoms with E-state index in [0.29, 0.717) is 6.54 Å². The Hall–Kier alpha value is -3.25. The van der Waals surface area contributed by atoms with E-state index in [1.54, 1.807) is 6.33 Å². The predicted molar refractivity (Wildman–Crippen MR) is 132 cm³/mol. The molecule has 0 unspecified atom stereocenters. The van der Waals surface area contributed by atoms with E-state index in [1.165, 1.54) is 5.57 Å². The highest BCUT2D eigenvalue weighted by Gasteiger charge is 2.25. The molecule has 0 spiro atoms. The van der Waals surface area contributed by atoms with Crippen molar-refractivity contribution in [2.75, 3.05) is 37.6 Å². The second-order valence-corrected chi connectivity index (χ2v) is 8.80.